The van der Waals surface area contributed by atoms with E-state index in [0.29, 0.717) is 6.61 Å². The fourth-order valence-electron chi connectivity index (χ4n) is 2.91. The number of hydrogen-bond donors (Lipinski definition) is 1. The van der Waals surface area contributed by atoms with Gasteiger partial charge in [0.25, 0.3) is 0 Å². The monoisotopic (exact) mass is 309 g/mol. The van der Waals surface area contributed by atoms with Crippen LogP contribution >= 0.6 is 0 Å². The third kappa shape index (κ3) is 2.59. The molecule has 1 aromatic heterocycles. The van der Waals surface area contributed by atoms with Crippen LogP contribution < -0.4 is 10.1 Å². The van der Waals surface area contributed by atoms with Crippen molar-refractivity contribution < 1.29 is 9.13 Å². The zero-order valence-corrected chi connectivity index (χ0v) is 12.7. The first-order valence-corrected chi connectivity index (χ1v) is 7.63. The van der Waals surface area contributed by atoms with Crippen LogP contribution in [-0.2, 0) is 0 Å². The highest BCUT2D eigenvalue weighted by atomic mass is 19.1. The molecule has 2 heterocycles. The van der Waals surface area contributed by atoms with Gasteiger partial charge in [0.1, 0.15) is 17.4 Å². The van der Waals surface area contributed by atoms with Crippen molar-refractivity contribution >= 4 is 16.9 Å². The quantitative estimate of drug-likeness (QED) is 0.777. The summed E-state index contributed by atoms with van der Waals surface area (Å²) in [6.45, 7) is 2.52. The summed E-state index contributed by atoms with van der Waals surface area (Å²) in [7, 11) is 0. The third-order valence-corrected chi connectivity index (χ3v) is 4.07. The second-order valence-electron chi connectivity index (χ2n) is 5.66. The molecule has 1 atom stereocenters. The first kappa shape index (κ1) is 13.9. The number of aromatic nitrogens is 2. The Hall–Kier alpha value is -2.69. The summed E-state index contributed by atoms with van der Waals surface area (Å²) in [5.41, 5.74) is 3.36. The molecule has 4 rings (SSSR count). The van der Waals surface area contributed by atoms with E-state index >= 15 is 0 Å². The van der Waals surface area contributed by atoms with E-state index in [0.717, 1.165) is 40.3 Å². The highest BCUT2D eigenvalue weighted by Gasteiger charge is 2.23. The predicted molar refractivity (Wildman–Crippen MR) is 87.2 cm³/mol. The molecule has 4 nitrogen and oxygen atoms in total. The number of rotatable bonds is 2. The minimum Gasteiger partial charge on any atom is -0.493 e. The molecule has 1 N–H and O–H groups in total. The normalized spacial score (nSPS) is 16.7. The summed E-state index contributed by atoms with van der Waals surface area (Å²) in [5.74, 6) is 1.19. The fraction of sp³-hybridized carbons (Fsp3) is 0.222. The van der Waals surface area contributed by atoms with Gasteiger partial charge in [-0.15, -0.1) is 0 Å². The molecule has 116 valence electrons. The fourth-order valence-corrected chi connectivity index (χ4v) is 2.91. The lowest BCUT2D eigenvalue weighted by Crippen LogP contribution is -2.21. The molecule has 2 aromatic carbocycles. The minimum absolute atomic E-state index is 0.0383. The predicted octanol–water partition coefficient (Wildman–Crippen LogP) is 4.01. The molecule has 1 aliphatic heterocycles. The number of benzene rings is 2. The molecule has 1 aliphatic rings. The van der Waals surface area contributed by atoms with E-state index in [2.05, 4.69) is 15.3 Å². The number of ether oxygens (including phenoxy) is 1. The average Bonchev–Trinajstić information content (AvgIpc) is 2.56. The zero-order valence-electron chi connectivity index (χ0n) is 12.7. The van der Waals surface area contributed by atoms with E-state index in [1.54, 1.807) is 6.07 Å². The highest BCUT2D eigenvalue weighted by molar-refractivity contribution is 5.76. The molecule has 5 heteroatoms. The molecule has 0 radical (unpaired) electrons. The standard InChI is InChI=1S/C18H16FN3O/c1-11-18(22-16-5-3-2-4-15(16)20-11)21-14-8-9-23-17-7-6-12(19)10-13(14)17/h2-7,10,14H,8-9H2,1H3,(H,21,22). The number of halogens is 1. The largest absolute Gasteiger partial charge is 0.493 e. The summed E-state index contributed by atoms with van der Waals surface area (Å²) in [5, 5.41) is 3.40. The molecular weight excluding hydrogens is 293 g/mol. The van der Waals surface area contributed by atoms with Gasteiger partial charge in [0.15, 0.2) is 0 Å². The minimum atomic E-state index is -0.262. The lowest BCUT2D eigenvalue weighted by atomic mass is 10.0. The molecule has 0 fully saturated rings. The van der Waals surface area contributed by atoms with Gasteiger partial charge in [-0.2, -0.15) is 0 Å². The lowest BCUT2D eigenvalue weighted by molar-refractivity contribution is 0.273. The highest BCUT2D eigenvalue weighted by Crippen LogP contribution is 2.35. The maximum Gasteiger partial charge on any atom is 0.148 e. The van der Waals surface area contributed by atoms with Crippen molar-refractivity contribution in [1.29, 1.82) is 0 Å². The topological polar surface area (TPSA) is 47.0 Å². The zero-order chi connectivity index (χ0) is 15.8. The summed E-state index contributed by atoms with van der Waals surface area (Å²) in [6, 6.07) is 12.3. The Bertz CT molecular complexity index is 881. The van der Waals surface area contributed by atoms with Crippen molar-refractivity contribution in [2.24, 2.45) is 0 Å². The van der Waals surface area contributed by atoms with Crippen LogP contribution in [0, 0.1) is 12.7 Å². The molecule has 23 heavy (non-hydrogen) atoms. The average molecular weight is 309 g/mol. The Morgan fingerprint density at radius 1 is 1.13 bits per heavy atom. The summed E-state index contributed by atoms with van der Waals surface area (Å²) in [6.07, 6.45) is 0.754. The van der Waals surface area contributed by atoms with Crippen molar-refractivity contribution in [1.82, 2.24) is 9.97 Å². The summed E-state index contributed by atoms with van der Waals surface area (Å²) < 4.78 is 19.2. The van der Waals surface area contributed by atoms with Gasteiger partial charge in [-0.1, -0.05) is 12.1 Å². The third-order valence-electron chi connectivity index (χ3n) is 4.07. The van der Waals surface area contributed by atoms with E-state index in [1.807, 2.05) is 31.2 Å². The Morgan fingerprint density at radius 2 is 1.91 bits per heavy atom. The molecule has 0 saturated heterocycles. The number of nitrogens with one attached hydrogen (secondary N) is 1. The van der Waals surface area contributed by atoms with Gasteiger partial charge in [-0.3, -0.25) is 0 Å². The second kappa shape index (κ2) is 5.50. The first-order valence-electron chi connectivity index (χ1n) is 7.63. The van der Waals surface area contributed by atoms with Crippen LogP contribution in [0.5, 0.6) is 5.75 Å². The second-order valence-corrected chi connectivity index (χ2v) is 5.66. The van der Waals surface area contributed by atoms with Crippen molar-refractivity contribution in [2.75, 3.05) is 11.9 Å². The van der Waals surface area contributed by atoms with E-state index in [9.17, 15) is 4.39 Å². The smallest absolute Gasteiger partial charge is 0.148 e. The Kier molecular flexibility index (Phi) is 3.33. The first-order chi connectivity index (χ1) is 11.2. The molecule has 1 unspecified atom stereocenters. The van der Waals surface area contributed by atoms with Crippen LogP contribution in [0.25, 0.3) is 11.0 Å². The van der Waals surface area contributed by atoms with Crippen LogP contribution in [0.4, 0.5) is 10.2 Å². The van der Waals surface area contributed by atoms with Crippen molar-refractivity contribution in [3.8, 4) is 5.75 Å². The number of anilines is 1. The summed E-state index contributed by atoms with van der Waals surface area (Å²) >= 11 is 0. The maximum atomic E-state index is 13.6. The SMILES string of the molecule is Cc1nc2ccccc2nc1NC1CCOc2ccc(F)cc21. The van der Waals surface area contributed by atoms with Gasteiger partial charge >= 0.3 is 0 Å². The molecule has 3 aromatic rings. The van der Waals surface area contributed by atoms with Crippen molar-refractivity contribution in [2.45, 2.75) is 19.4 Å². The van der Waals surface area contributed by atoms with Gasteiger partial charge in [-0.05, 0) is 37.3 Å². The van der Waals surface area contributed by atoms with Crippen LogP contribution in [0.15, 0.2) is 42.5 Å². The van der Waals surface area contributed by atoms with Crippen LogP contribution in [0.3, 0.4) is 0 Å². The van der Waals surface area contributed by atoms with Crippen LogP contribution in [-0.4, -0.2) is 16.6 Å². The molecule has 0 amide bonds. The number of aryl methyl sites for hydroxylation is 1. The number of nitrogens with zero attached hydrogens (tertiary/aromatic N) is 2. The molecule has 0 bridgehead atoms. The van der Waals surface area contributed by atoms with Gasteiger partial charge in [0.2, 0.25) is 0 Å². The number of hydrogen-bond acceptors (Lipinski definition) is 4. The van der Waals surface area contributed by atoms with Gasteiger partial charge in [0, 0.05) is 12.0 Å². The number of para-hydroxylation sites is 2. The maximum absolute atomic E-state index is 13.6. The molecular formula is C18H16FN3O. The van der Waals surface area contributed by atoms with Crippen LogP contribution in [0.2, 0.25) is 0 Å². The van der Waals surface area contributed by atoms with E-state index in [4.69, 9.17) is 4.74 Å². The van der Waals surface area contributed by atoms with E-state index in [-0.39, 0.29) is 11.9 Å². The lowest BCUT2D eigenvalue weighted by Gasteiger charge is -2.27. The van der Waals surface area contributed by atoms with Crippen molar-refractivity contribution in [3.63, 3.8) is 0 Å². The van der Waals surface area contributed by atoms with Crippen molar-refractivity contribution in [3.05, 3.63) is 59.5 Å². The molecule has 0 spiro atoms. The van der Waals surface area contributed by atoms with Gasteiger partial charge < -0.3 is 10.1 Å². The van der Waals surface area contributed by atoms with E-state index < -0.39 is 0 Å². The Morgan fingerprint density at radius 3 is 2.74 bits per heavy atom. The Labute approximate surface area is 133 Å². The van der Waals surface area contributed by atoms with Gasteiger partial charge in [-0.25, -0.2) is 14.4 Å². The van der Waals surface area contributed by atoms with E-state index in [1.165, 1.54) is 12.1 Å². The summed E-state index contributed by atoms with van der Waals surface area (Å²) in [4.78, 5) is 9.24. The molecule has 0 saturated carbocycles. The number of fused-ring (bicyclic) bond motifs is 2. The molecule has 0 aliphatic carbocycles. The Balaban J connectivity index is 1.72. The van der Waals surface area contributed by atoms with Gasteiger partial charge in [0.05, 0.1) is 29.4 Å². The van der Waals surface area contributed by atoms with Crippen LogP contribution in [0.1, 0.15) is 23.7 Å².